The van der Waals surface area contributed by atoms with Crippen LogP contribution in [-0.4, -0.2) is 170 Å². The lowest BCUT2D eigenvalue weighted by Crippen LogP contribution is -2.15. The summed E-state index contributed by atoms with van der Waals surface area (Å²) in [7, 11) is 0. The van der Waals surface area contributed by atoms with Crippen molar-refractivity contribution in [3.63, 3.8) is 0 Å². The molecule has 14 heteroatoms. The fourth-order valence-electron chi connectivity index (χ4n) is 2.84. The van der Waals surface area contributed by atoms with E-state index in [2.05, 4.69) is 0 Å². The molecule has 0 aliphatic heterocycles. The van der Waals surface area contributed by atoms with Crippen LogP contribution in [0.5, 0.6) is 0 Å². The predicted molar refractivity (Wildman–Crippen MR) is 156 cm³/mol. The van der Waals surface area contributed by atoms with E-state index in [1.165, 1.54) is 6.08 Å². The van der Waals surface area contributed by atoms with Crippen molar-refractivity contribution in [3.8, 4) is 0 Å². The van der Waals surface area contributed by atoms with Gasteiger partial charge in [0.05, 0.1) is 152 Å². The van der Waals surface area contributed by atoms with Gasteiger partial charge in [0.15, 0.2) is 0 Å². The molecule has 14 nitrogen and oxygen atoms in total. The summed E-state index contributed by atoms with van der Waals surface area (Å²) >= 11 is 0. The van der Waals surface area contributed by atoms with Gasteiger partial charge in [0.2, 0.25) is 0 Å². The molecule has 0 bridgehead atoms. The molecule has 0 unspecified atom stereocenters. The molecule has 256 valence electrons. The smallest absolute Gasteiger partial charge is 0.330 e. The van der Waals surface area contributed by atoms with Crippen molar-refractivity contribution in [2.75, 3.05) is 159 Å². The van der Waals surface area contributed by atoms with Crippen LogP contribution < -0.4 is 0 Å². The Morgan fingerprint density at radius 2 is 0.605 bits per heavy atom. The van der Waals surface area contributed by atoms with Gasteiger partial charge in [-0.15, -0.1) is 0 Å². The number of aliphatic hydroxyl groups is 1. The Labute approximate surface area is 257 Å². The van der Waals surface area contributed by atoms with Crippen molar-refractivity contribution in [2.45, 2.75) is 13.8 Å². The lowest BCUT2D eigenvalue weighted by molar-refractivity contribution is -0.139. The van der Waals surface area contributed by atoms with Crippen molar-refractivity contribution >= 4 is 5.97 Å². The second kappa shape index (κ2) is 36.9. The molecule has 0 spiro atoms. The van der Waals surface area contributed by atoms with Gasteiger partial charge in [-0.3, -0.25) is 0 Å². The van der Waals surface area contributed by atoms with E-state index in [4.69, 9.17) is 61.9 Å². The zero-order valence-corrected chi connectivity index (χ0v) is 26.3. The Balaban J connectivity index is 3.08. The van der Waals surface area contributed by atoms with Crippen LogP contribution in [0.4, 0.5) is 0 Å². The summed E-state index contributed by atoms with van der Waals surface area (Å²) in [4.78, 5) is 11.3. The first kappa shape index (κ1) is 41.7. The summed E-state index contributed by atoms with van der Waals surface area (Å²) in [6, 6.07) is 0. The van der Waals surface area contributed by atoms with Crippen molar-refractivity contribution in [3.05, 3.63) is 11.6 Å². The van der Waals surface area contributed by atoms with E-state index in [-0.39, 0.29) is 19.2 Å². The summed E-state index contributed by atoms with van der Waals surface area (Å²) < 4.78 is 64.2. The maximum atomic E-state index is 11.3. The molecule has 0 aromatic rings. The van der Waals surface area contributed by atoms with Gasteiger partial charge in [0, 0.05) is 6.08 Å². The fourth-order valence-corrected chi connectivity index (χ4v) is 2.84. The molecule has 0 aromatic carbocycles. The number of hydrogen-bond donors (Lipinski definition) is 1. The van der Waals surface area contributed by atoms with Gasteiger partial charge in [-0.25, -0.2) is 4.79 Å². The molecule has 0 saturated carbocycles. The Bertz CT molecular complexity index is 590. The Kier molecular flexibility index (Phi) is 35.8. The molecule has 0 radical (unpaired) electrons. The second-order valence-electron chi connectivity index (χ2n) is 8.85. The second-order valence-corrected chi connectivity index (χ2v) is 8.85. The highest BCUT2D eigenvalue weighted by Crippen LogP contribution is 1.91. The molecule has 1 N–H and O–H groups in total. The molecule has 43 heavy (non-hydrogen) atoms. The molecular weight excluding hydrogens is 572 g/mol. The zero-order valence-electron chi connectivity index (χ0n) is 26.3. The monoisotopic (exact) mass is 628 g/mol. The predicted octanol–water partition coefficient (Wildman–Crippen LogP) is 0.671. The van der Waals surface area contributed by atoms with Crippen molar-refractivity contribution in [1.29, 1.82) is 0 Å². The average Bonchev–Trinajstić information content (AvgIpc) is 2.98. The highest BCUT2D eigenvalue weighted by molar-refractivity contribution is 5.82. The molecule has 0 amide bonds. The minimum atomic E-state index is -0.354. The first-order chi connectivity index (χ1) is 21.2. The molecule has 0 aliphatic carbocycles. The molecule has 0 atom stereocenters. The van der Waals surface area contributed by atoms with Crippen molar-refractivity contribution in [2.24, 2.45) is 0 Å². The normalized spacial score (nSPS) is 11.2. The van der Waals surface area contributed by atoms with Crippen LogP contribution in [0.3, 0.4) is 0 Å². The minimum absolute atomic E-state index is 0.0222. The van der Waals surface area contributed by atoms with Gasteiger partial charge in [0.25, 0.3) is 0 Å². The highest BCUT2D eigenvalue weighted by Gasteiger charge is 1.98. The number of esters is 1. The van der Waals surface area contributed by atoms with E-state index in [0.717, 1.165) is 5.57 Å². The SMILES string of the molecule is CC(C)=CC(=O)OCCOCCOCCOCCOCCOCCOCCOCCOCCOCCOCCOCCO. The van der Waals surface area contributed by atoms with E-state index in [9.17, 15) is 4.79 Å². The van der Waals surface area contributed by atoms with Crippen LogP contribution in [0.15, 0.2) is 11.6 Å². The molecule has 0 heterocycles. The quantitative estimate of drug-likeness (QED) is 0.0589. The number of rotatable bonds is 36. The Morgan fingerprint density at radius 3 is 0.814 bits per heavy atom. The van der Waals surface area contributed by atoms with Crippen molar-refractivity contribution < 1.29 is 66.7 Å². The number of allylic oxidation sites excluding steroid dienone is 1. The number of ether oxygens (including phenoxy) is 12. The largest absolute Gasteiger partial charge is 0.460 e. The Morgan fingerprint density at radius 1 is 0.395 bits per heavy atom. The van der Waals surface area contributed by atoms with Gasteiger partial charge in [-0.2, -0.15) is 0 Å². The Hall–Kier alpha value is -1.27. The third-order valence-electron chi connectivity index (χ3n) is 4.83. The summed E-state index contributed by atoms with van der Waals surface area (Å²) in [6.07, 6.45) is 1.45. The number of carbonyl (C=O) groups excluding carboxylic acids is 1. The van der Waals surface area contributed by atoms with E-state index in [0.29, 0.717) is 145 Å². The standard InChI is InChI=1S/C29H56O14/c1-28(2)27-29(31)43-26-25-42-24-23-41-22-21-40-20-19-39-18-17-38-16-15-37-14-13-36-12-11-35-10-9-34-8-7-33-6-5-32-4-3-30/h27,30H,3-26H2,1-2H3. The van der Waals surface area contributed by atoms with Gasteiger partial charge < -0.3 is 61.9 Å². The molecular formula is C29H56O14. The summed E-state index contributed by atoms with van der Waals surface area (Å²) in [5, 5.41) is 8.57. The van der Waals surface area contributed by atoms with Crippen LogP contribution >= 0.6 is 0 Å². The molecule has 0 aromatic heterocycles. The van der Waals surface area contributed by atoms with Gasteiger partial charge in [-0.05, 0) is 13.8 Å². The molecule has 0 saturated heterocycles. The minimum Gasteiger partial charge on any atom is -0.460 e. The third kappa shape index (κ3) is 38.7. The first-order valence-corrected chi connectivity index (χ1v) is 14.9. The molecule has 0 rings (SSSR count). The summed E-state index contributed by atoms with van der Waals surface area (Å²) in [5.74, 6) is -0.354. The third-order valence-corrected chi connectivity index (χ3v) is 4.83. The maximum absolute atomic E-state index is 11.3. The summed E-state index contributed by atoms with van der Waals surface area (Å²) in [5.41, 5.74) is 0.898. The lowest BCUT2D eigenvalue weighted by atomic mass is 10.3. The van der Waals surface area contributed by atoms with E-state index in [1.54, 1.807) is 0 Å². The first-order valence-electron chi connectivity index (χ1n) is 14.9. The molecule has 0 fully saturated rings. The van der Waals surface area contributed by atoms with Crippen molar-refractivity contribution in [1.82, 2.24) is 0 Å². The zero-order chi connectivity index (χ0) is 31.3. The van der Waals surface area contributed by atoms with Gasteiger partial charge in [0.1, 0.15) is 6.61 Å². The van der Waals surface area contributed by atoms with Crippen LogP contribution in [0.2, 0.25) is 0 Å². The summed E-state index contributed by atoms with van der Waals surface area (Å²) in [6.45, 7) is 14.3. The van der Waals surface area contributed by atoms with E-state index < -0.39 is 0 Å². The van der Waals surface area contributed by atoms with E-state index in [1.807, 2.05) is 13.8 Å². The van der Waals surface area contributed by atoms with Crippen LogP contribution in [0.25, 0.3) is 0 Å². The maximum Gasteiger partial charge on any atom is 0.330 e. The average molecular weight is 629 g/mol. The van der Waals surface area contributed by atoms with Crippen LogP contribution in [0.1, 0.15) is 13.8 Å². The fraction of sp³-hybridized carbons (Fsp3) is 0.897. The number of aliphatic hydroxyl groups excluding tert-OH is 1. The van der Waals surface area contributed by atoms with Gasteiger partial charge >= 0.3 is 5.97 Å². The number of carbonyl (C=O) groups is 1. The topological polar surface area (TPSA) is 148 Å². The van der Waals surface area contributed by atoms with Gasteiger partial charge in [-0.1, -0.05) is 5.57 Å². The lowest BCUT2D eigenvalue weighted by Gasteiger charge is -2.09. The molecule has 0 aliphatic rings. The van der Waals surface area contributed by atoms with Crippen LogP contribution in [0, 0.1) is 0 Å². The highest BCUT2D eigenvalue weighted by atomic mass is 16.6. The van der Waals surface area contributed by atoms with E-state index >= 15 is 0 Å². The van der Waals surface area contributed by atoms with Crippen LogP contribution in [-0.2, 0) is 61.6 Å². The number of hydrogen-bond acceptors (Lipinski definition) is 14.